The molecule has 1 atom stereocenters. The van der Waals surface area contributed by atoms with E-state index in [4.69, 9.17) is 0 Å². The van der Waals surface area contributed by atoms with E-state index in [0.717, 1.165) is 31.5 Å². The Morgan fingerprint density at radius 1 is 1.42 bits per heavy atom. The molecule has 1 aliphatic carbocycles. The number of hydrogen-bond acceptors (Lipinski definition) is 4. The summed E-state index contributed by atoms with van der Waals surface area (Å²) in [6, 6.07) is 2.13. The molecule has 0 spiro atoms. The molecule has 0 bridgehead atoms. The van der Waals surface area contributed by atoms with E-state index in [1.54, 1.807) is 6.20 Å². The molecule has 1 aromatic heterocycles. The predicted molar refractivity (Wildman–Crippen MR) is 72.0 cm³/mol. The van der Waals surface area contributed by atoms with Crippen molar-refractivity contribution in [2.45, 2.75) is 37.6 Å². The number of piperidine rings is 1. The molecule has 1 aliphatic heterocycles. The van der Waals surface area contributed by atoms with Crippen LogP contribution in [0.2, 0.25) is 0 Å². The van der Waals surface area contributed by atoms with Gasteiger partial charge in [0.15, 0.2) is 5.69 Å². The lowest BCUT2D eigenvalue weighted by atomic mass is 10.1. The number of nitrogens with zero attached hydrogens (tertiary/aromatic N) is 3. The van der Waals surface area contributed by atoms with Crippen molar-refractivity contribution < 1.29 is 4.79 Å². The summed E-state index contributed by atoms with van der Waals surface area (Å²) in [5.41, 5.74) is 1.61. The van der Waals surface area contributed by atoms with Gasteiger partial charge in [0.1, 0.15) is 0 Å². The van der Waals surface area contributed by atoms with Crippen LogP contribution < -0.4 is 5.32 Å². The third kappa shape index (κ3) is 3.10. The van der Waals surface area contributed by atoms with E-state index in [1.165, 1.54) is 12.8 Å². The first kappa shape index (κ1) is 12.5. The van der Waals surface area contributed by atoms with E-state index in [0.29, 0.717) is 11.6 Å². The molecule has 1 saturated heterocycles. The number of likely N-dealkylation sites (N-methyl/N-ethyl adjacent to an activating group) is 1. The minimum absolute atomic E-state index is 0.0877. The van der Waals surface area contributed by atoms with E-state index < -0.39 is 0 Å². The lowest BCUT2D eigenvalue weighted by Crippen LogP contribution is -2.46. The summed E-state index contributed by atoms with van der Waals surface area (Å²) in [5.74, 6) is 0.512. The summed E-state index contributed by atoms with van der Waals surface area (Å²) in [6.07, 6.45) is 6.38. The van der Waals surface area contributed by atoms with Crippen LogP contribution in [0.5, 0.6) is 0 Å². The van der Waals surface area contributed by atoms with Crippen molar-refractivity contribution in [1.82, 2.24) is 20.4 Å². The fourth-order valence-corrected chi connectivity index (χ4v) is 2.68. The summed E-state index contributed by atoms with van der Waals surface area (Å²) in [4.78, 5) is 14.4. The highest BCUT2D eigenvalue weighted by atomic mass is 16.2. The largest absolute Gasteiger partial charge is 0.347 e. The number of rotatable bonds is 3. The average Bonchev–Trinajstić information content (AvgIpc) is 3.23. The molecule has 1 unspecified atom stereocenters. The normalized spacial score (nSPS) is 24.2. The van der Waals surface area contributed by atoms with Crippen molar-refractivity contribution >= 4 is 5.91 Å². The van der Waals surface area contributed by atoms with Crippen LogP contribution in [0.15, 0.2) is 12.3 Å². The number of amides is 1. The van der Waals surface area contributed by atoms with Gasteiger partial charge in [-0.3, -0.25) is 4.79 Å². The van der Waals surface area contributed by atoms with Crippen molar-refractivity contribution in [2.75, 3.05) is 20.1 Å². The fraction of sp³-hybridized carbons (Fsp3) is 0.643. The van der Waals surface area contributed by atoms with Gasteiger partial charge in [0.25, 0.3) is 5.91 Å². The van der Waals surface area contributed by atoms with Crippen LogP contribution in [0, 0.1) is 0 Å². The maximum Gasteiger partial charge on any atom is 0.272 e. The van der Waals surface area contributed by atoms with Crippen LogP contribution in [0.4, 0.5) is 0 Å². The zero-order chi connectivity index (χ0) is 13.2. The fourth-order valence-electron chi connectivity index (χ4n) is 2.68. The standard InChI is InChI=1S/C14H20N4O/c1-18-6-2-3-12(9-18)16-14(19)13-7-11(8-15-17-13)10-4-5-10/h7-8,10,12H,2-6,9H2,1H3,(H,16,19). The Hall–Kier alpha value is -1.49. The van der Waals surface area contributed by atoms with E-state index in [1.807, 2.05) is 6.07 Å². The van der Waals surface area contributed by atoms with E-state index in [2.05, 4.69) is 27.5 Å². The van der Waals surface area contributed by atoms with Gasteiger partial charge < -0.3 is 10.2 Å². The highest BCUT2D eigenvalue weighted by Gasteiger charge is 2.26. The first-order valence-corrected chi connectivity index (χ1v) is 7.04. The van der Waals surface area contributed by atoms with Crippen LogP contribution in [0.3, 0.4) is 0 Å². The third-order valence-electron chi connectivity index (χ3n) is 3.92. The van der Waals surface area contributed by atoms with Gasteiger partial charge in [-0.1, -0.05) is 0 Å². The van der Waals surface area contributed by atoms with Crippen molar-refractivity contribution in [3.63, 3.8) is 0 Å². The number of carbonyl (C=O) groups excluding carboxylic acids is 1. The summed E-state index contributed by atoms with van der Waals surface area (Å²) in [5, 5.41) is 11.0. The highest BCUT2D eigenvalue weighted by molar-refractivity contribution is 5.92. The zero-order valence-corrected chi connectivity index (χ0v) is 11.3. The molecular weight excluding hydrogens is 240 g/mol. The van der Waals surface area contributed by atoms with E-state index in [-0.39, 0.29) is 11.9 Å². The molecule has 5 heteroatoms. The molecule has 0 aromatic carbocycles. The molecule has 102 valence electrons. The molecule has 2 heterocycles. The van der Waals surface area contributed by atoms with Gasteiger partial charge in [0.05, 0.1) is 6.20 Å². The minimum atomic E-state index is -0.0877. The quantitative estimate of drug-likeness (QED) is 0.886. The number of hydrogen-bond donors (Lipinski definition) is 1. The Morgan fingerprint density at radius 3 is 3.00 bits per heavy atom. The first-order chi connectivity index (χ1) is 9.22. The smallest absolute Gasteiger partial charge is 0.272 e. The maximum atomic E-state index is 12.2. The minimum Gasteiger partial charge on any atom is -0.347 e. The van der Waals surface area contributed by atoms with Gasteiger partial charge in [0.2, 0.25) is 0 Å². The maximum absolute atomic E-state index is 12.2. The van der Waals surface area contributed by atoms with Gasteiger partial charge in [-0.15, -0.1) is 5.10 Å². The predicted octanol–water partition coefficient (Wildman–Crippen LogP) is 1.18. The number of likely N-dealkylation sites (tertiary alicyclic amines) is 1. The van der Waals surface area contributed by atoms with Gasteiger partial charge in [-0.2, -0.15) is 5.10 Å². The van der Waals surface area contributed by atoms with E-state index >= 15 is 0 Å². The van der Waals surface area contributed by atoms with Crippen LogP contribution >= 0.6 is 0 Å². The lowest BCUT2D eigenvalue weighted by Gasteiger charge is -2.30. The second-order valence-electron chi connectivity index (χ2n) is 5.72. The lowest BCUT2D eigenvalue weighted by molar-refractivity contribution is 0.0906. The zero-order valence-electron chi connectivity index (χ0n) is 11.3. The molecule has 1 amide bonds. The Morgan fingerprint density at radius 2 is 2.26 bits per heavy atom. The second-order valence-corrected chi connectivity index (χ2v) is 5.72. The molecule has 1 aromatic rings. The summed E-state index contributed by atoms with van der Waals surface area (Å²) < 4.78 is 0. The third-order valence-corrected chi connectivity index (χ3v) is 3.92. The number of nitrogens with one attached hydrogen (secondary N) is 1. The SMILES string of the molecule is CN1CCCC(NC(=O)c2cc(C3CC3)cnn2)C1. The molecule has 2 aliphatic rings. The number of aromatic nitrogens is 2. The summed E-state index contributed by atoms with van der Waals surface area (Å²) >= 11 is 0. The molecule has 19 heavy (non-hydrogen) atoms. The van der Waals surface area contributed by atoms with Crippen LogP contribution in [0.25, 0.3) is 0 Å². The molecule has 5 nitrogen and oxygen atoms in total. The van der Waals surface area contributed by atoms with Gasteiger partial charge in [-0.05, 0) is 56.8 Å². The van der Waals surface area contributed by atoms with Gasteiger partial charge >= 0.3 is 0 Å². The Balaban J connectivity index is 1.64. The van der Waals surface area contributed by atoms with Crippen molar-refractivity contribution in [2.24, 2.45) is 0 Å². The molecular formula is C14H20N4O. The van der Waals surface area contributed by atoms with Crippen LogP contribution in [-0.4, -0.2) is 47.2 Å². The molecule has 1 N–H and O–H groups in total. The second kappa shape index (κ2) is 5.25. The van der Waals surface area contributed by atoms with Crippen molar-refractivity contribution in [1.29, 1.82) is 0 Å². The Labute approximate surface area is 113 Å². The van der Waals surface area contributed by atoms with E-state index in [9.17, 15) is 4.79 Å². The monoisotopic (exact) mass is 260 g/mol. The van der Waals surface area contributed by atoms with Crippen LogP contribution in [0.1, 0.15) is 47.7 Å². The topological polar surface area (TPSA) is 58.1 Å². The van der Waals surface area contributed by atoms with Gasteiger partial charge in [0, 0.05) is 12.6 Å². The molecule has 1 saturated carbocycles. The van der Waals surface area contributed by atoms with Crippen molar-refractivity contribution in [3.05, 3.63) is 23.5 Å². The summed E-state index contributed by atoms with van der Waals surface area (Å²) in [7, 11) is 2.09. The highest BCUT2D eigenvalue weighted by Crippen LogP contribution is 2.39. The first-order valence-electron chi connectivity index (χ1n) is 7.04. The summed E-state index contributed by atoms with van der Waals surface area (Å²) in [6.45, 7) is 2.03. The molecule has 0 radical (unpaired) electrons. The Kier molecular flexibility index (Phi) is 3.46. The number of carbonyl (C=O) groups is 1. The Bertz CT molecular complexity index is 472. The molecule has 3 rings (SSSR count). The average molecular weight is 260 g/mol. The molecule has 2 fully saturated rings. The van der Waals surface area contributed by atoms with Crippen LogP contribution in [-0.2, 0) is 0 Å². The van der Waals surface area contributed by atoms with Gasteiger partial charge in [-0.25, -0.2) is 0 Å². The van der Waals surface area contributed by atoms with Crippen molar-refractivity contribution in [3.8, 4) is 0 Å².